The molecule has 3 aromatic rings. The van der Waals surface area contributed by atoms with Gasteiger partial charge in [0.1, 0.15) is 12.6 Å². The van der Waals surface area contributed by atoms with Gasteiger partial charge in [0.15, 0.2) is 0 Å². The molecule has 4 N–H and O–H groups in total. The molecule has 0 aliphatic heterocycles. The second kappa shape index (κ2) is 10.8. The molecule has 1 aliphatic carbocycles. The number of aliphatic hydroxyl groups excluding tert-OH is 1. The first-order valence-corrected chi connectivity index (χ1v) is 11.3. The molecule has 0 aromatic heterocycles. The van der Waals surface area contributed by atoms with Gasteiger partial charge in [-0.3, -0.25) is 4.79 Å². The molecule has 35 heavy (non-hydrogen) atoms. The standard InChI is InChI=1S/C27H26N2O6/c30-15-24(26(32)33)28-25(31)14-23(17-8-2-1-3-9-17)29-27(34)35-16-22-20-12-6-4-10-18(20)19-11-5-7-13-21(19)22/h1-13,22-24,30H,14-16H2,(H,28,31)(H,29,34)(H,32,33)/t23?,24-/m0/s1. The Hall–Kier alpha value is -4.17. The fourth-order valence-corrected chi connectivity index (χ4v) is 4.34. The van der Waals surface area contributed by atoms with Gasteiger partial charge in [0.25, 0.3) is 0 Å². The lowest BCUT2D eigenvalue weighted by molar-refractivity contribution is -0.143. The number of amides is 2. The van der Waals surface area contributed by atoms with E-state index in [0.29, 0.717) is 5.56 Å². The number of benzene rings is 3. The number of aliphatic carboxylic acids is 1. The van der Waals surface area contributed by atoms with Crippen LogP contribution < -0.4 is 10.6 Å². The van der Waals surface area contributed by atoms with Crippen LogP contribution in [0.1, 0.15) is 35.1 Å². The minimum absolute atomic E-state index is 0.104. The summed E-state index contributed by atoms with van der Waals surface area (Å²) in [5.41, 5.74) is 5.07. The zero-order chi connectivity index (χ0) is 24.8. The highest BCUT2D eigenvalue weighted by Gasteiger charge is 2.30. The fourth-order valence-electron chi connectivity index (χ4n) is 4.34. The Morgan fingerprint density at radius 2 is 1.40 bits per heavy atom. The summed E-state index contributed by atoms with van der Waals surface area (Å²) in [6.45, 7) is -0.615. The van der Waals surface area contributed by atoms with Crippen LogP contribution in [-0.2, 0) is 14.3 Å². The molecule has 180 valence electrons. The Kier molecular flexibility index (Phi) is 7.42. The quantitative estimate of drug-likeness (QED) is 0.377. The van der Waals surface area contributed by atoms with Crippen molar-refractivity contribution in [1.82, 2.24) is 10.6 Å². The third-order valence-electron chi connectivity index (χ3n) is 6.04. The van der Waals surface area contributed by atoms with Gasteiger partial charge in [-0.1, -0.05) is 78.9 Å². The van der Waals surface area contributed by atoms with Crippen molar-refractivity contribution in [2.24, 2.45) is 0 Å². The van der Waals surface area contributed by atoms with Gasteiger partial charge in [-0.25, -0.2) is 9.59 Å². The number of alkyl carbamates (subject to hydrolysis) is 1. The monoisotopic (exact) mass is 474 g/mol. The smallest absolute Gasteiger partial charge is 0.407 e. The maximum absolute atomic E-state index is 12.8. The van der Waals surface area contributed by atoms with E-state index in [1.807, 2.05) is 36.4 Å². The normalized spacial score (nSPS) is 13.7. The van der Waals surface area contributed by atoms with Crippen LogP contribution in [0.5, 0.6) is 0 Å². The van der Waals surface area contributed by atoms with E-state index < -0.39 is 36.7 Å². The zero-order valence-corrected chi connectivity index (χ0v) is 18.9. The molecule has 1 aliphatic rings. The highest BCUT2D eigenvalue weighted by Crippen LogP contribution is 2.44. The molecule has 2 atom stereocenters. The summed E-state index contributed by atoms with van der Waals surface area (Å²) >= 11 is 0. The van der Waals surface area contributed by atoms with Crippen LogP contribution >= 0.6 is 0 Å². The van der Waals surface area contributed by atoms with Gasteiger partial charge in [-0.15, -0.1) is 0 Å². The van der Waals surface area contributed by atoms with E-state index in [4.69, 9.17) is 14.9 Å². The van der Waals surface area contributed by atoms with E-state index in [1.54, 1.807) is 30.3 Å². The van der Waals surface area contributed by atoms with Crippen molar-refractivity contribution in [3.63, 3.8) is 0 Å². The number of nitrogens with one attached hydrogen (secondary N) is 2. The molecule has 0 bridgehead atoms. The van der Waals surface area contributed by atoms with Gasteiger partial charge < -0.3 is 25.6 Å². The number of hydrogen-bond donors (Lipinski definition) is 4. The fraction of sp³-hybridized carbons (Fsp3) is 0.222. The molecule has 1 unspecified atom stereocenters. The van der Waals surface area contributed by atoms with Crippen molar-refractivity contribution in [2.45, 2.75) is 24.4 Å². The van der Waals surface area contributed by atoms with E-state index in [9.17, 15) is 14.4 Å². The van der Waals surface area contributed by atoms with Crippen LogP contribution in [0.3, 0.4) is 0 Å². The van der Waals surface area contributed by atoms with E-state index in [1.165, 1.54) is 0 Å². The van der Waals surface area contributed by atoms with Crippen molar-refractivity contribution in [3.8, 4) is 11.1 Å². The maximum Gasteiger partial charge on any atom is 0.407 e. The summed E-state index contributed by atoms with van der Waals surface area (Å²) in [5, 5.41) is 23.2. The summed E-state index contributed by atoms with van der Waals surface area (Å²) in [6, 6.07) is 22.7. The molecule has 0 fully saturated rings. The number of ether oxygens (including phenoxy) is 1. The third-order valence-corrected chi connectivity index (χ3v) is 6.04. The summed E-state index contributed by atoms with van der Waals surface area (Å²) in [7, 11) is 0. The SMILES string of the molecule is O=C(CC(NC(=O)OCC1c2ccccc2-c2ccccc21)c1ccccc1)N[C@@H](CO)C(=O)O. The Bertz CT molecular complexity index is 1170. The number of carbonyl (C=O) groups is 3. The van der Waals surface area contributed by atoms with E-state index in [2.05, 4.69) is 22.8 Å². The molecule has 2 amide bonds. The number of carboxylic acids is 1. The van der Waals surface area contributed by atoms with Gasteiger partial charge in [0.05, 0.1) is 19.1 Å². The number of aliphatic hydroxyl groups is 1. The van der Waals surface area contributed by atoms with Crippen molar-refractivity contribution in [3.05, 3.63) is 95.6 Å². The lowest BCUT2D eigenvalue weighted by Gasteiger charge is -2.21. The van der Waals surface area contributed by atoms with Gasteiger partial charge in [-0.2, -0.15) is 0 Å². The van der Waals surface area contributed by atoms with E-state index >= 15 is 0 Å². The largest absolute Gasteiger partial charge is 0.480 e. The van der Waals surface area contributed by atoms with E-state index in [0.717, 1.165) is 22.3 Å². The molecule has 0 saturated carbocycles. The average molecular weight is 475 g/mol. The van der Waals surface area contributed by atoms with E-state index in [-0.39, 0.29) is 18.9 Å². The average Bonchev–Trinajstić information content (AvgIpc) is 3.19. The predicted octanol–water partition coefficient (Wildman–Crippen LogP) is 3.22. The molecular formula is C27H26N2O6. The molecular weight excluding hydrogens is 448 g/mol. The van der Waals surface area contributed by atoms with Gasteiger partial charge >= 0.3 is 12.1 Å². The molecule has 8 nitrogen and oxygen atoms in total. The first-order chi connectivity index (χ1) is 17.0. The van der Waals surface area contributed by atoms with Crippen molar-refractivity contribution in [2.75, 3.05) is 13.2 Å². The van der Waals surface area contributed by atoms with Crippen molar-refractivity contribution >= 4 is 18.0 Å². The highest BCUT2D eigenvalue weighted by atomic mass is 16.5. The summed E-state index contributed by atoms with van der Waals surface area (Å²) in [4.78, 5) is 36.3. The van der Waals surface area contributed by atoms with Gasteiger partial charge in [-0.05, 0) is 27.8 Å². The van der Waals surface area contributed by atoms with Crippen LogP contribution in [0.2, 0.25) is 0 Å². The third kappa shape index (κ3) is 5.50. The molecule has 4 rings (SSSR count). The zero-order valence-electron chi connectivity index (χ0n) is 18.9. The topological polar surface area (TPSA) is 125 Å². The summed E-state index contributed by atoms with van der Waals surface area (Å²) in [5.74, 6) is -2.08. The summed E-state index contributed by atoms with van der Waals surface area (Å²) in [6.07, 6.45) is -0.914. The van der Waals surface area contributed by atoms with Gasteiger partial charge in [0.2, 0.25) is 5.91 Å². The van der Waals surface area contributed by atoms with Crippen LogP contribution in [0.25, 0.3) is 11.1 Å². The molecule has 3 aromatic carbocycles. The molecule has 0 heterocycles. The van der Waals surface area contributed by atoms with Crippen molar-refractivity contribution in [1.29, 1.82) is 0 Å². The number of carboxylic acid groups (broad SMARTS) is 1. The Labute approximate surface area is 202 Å². The number of fused-ring (bicyclic) bond motifs is 3. The molecule has 0 saturated heterocycles. The second-order valence-corrected chi connectivity index (χ2v) is 8.28. The first-order valence-electron chi connectivity index (χ1n) is 11.3. The number of hydrogen-bond acceptors (Lipinski definition) is 5. The van der Waals surface area contributed by atoms with Crippen molar-refractivity contribution < 1.29 is 29.3 Å². The Morgan fingerprint density at radius 1 is 0.829 bits per heavy atom. The first kappa shape index (κ1) is 24.0. The van der Waals surface area contributed by atoms with Crippen LogP contribution in [0, 0.1) is 0 Å². The lowest BCUT2D eigenvalue weighted by Crippen LogP contribution is -2.44. The Morgan fingerprint density at radius 3 is 1.97 bits per heavy atom. The summed E-state index contributed by atoms with van der Waals surface area (Å²) < 4.78 is 5.60. The highest BCUT2D eigenvalue weighted by molar-refractivity contribution is 5.84. The number of rotatable bonds is 9. The van der Waals surface area contributed by atoms with Gasteiger partial charge in [0, 0.05) is 5.92 Å². The minimum atomic E-state index is -1.42. The molecule has 0 spiro atoms. The molecule has 8 heteroatoms. The lowest BCUT2D eigenvalue weighted by atomic mass is 9.98. The Balaban J connectivity index is 1.44. The van der Waals surface area contributed by atoms with Crippen LogP contribution in [0.15, 0.2) is 78.9 Å². The minimum Gasteiger partial charge on any atom is -0.480 e. The number of carbonyl (C=O) groups excluding carboxylic acids is 2. The van der Waals surface area contributed by atoms with Crippen LogP contribution in [-0.4, -0.2) is 47.4 Å². The second-order valence-electron chi connectivity index (χ2n) is 8.28. The van der Waals surface area contributed by atoms with Crippen LogP contribution in [0.4, 0.5) is 4.79 Å². The predicted molar refractivity (Wildman–Crippen MR) is 129 cm³/mol. The maximum atomic E-state index is 12.8. The molecule has 0 radical (unpaired) electrons.